The summed E-state index contributed by atoms with van der Waals surface area (Å²) in [5, 5.41) is 6.44. The Bertz CT molecular complexity index is 5800. The second-order valence-corrected chi connectivity index (χ2v) is 22.5. The van der Waals surface area contributed by atoms with Crippen LogP contribution in [0.3, 0.4) is 0 Å². The maximum Gasteiger partial charge on any atom is 0.180 e. The van der Waals surface area contributed by atoms with Crippen LogP contribution in [-0.4, -0.2) is 29.1 Å². The fourth-order valence-corrected chi connectivity index (χ4v) is 13.2. The van der Waals surface area contributed by atoms with Gasteiger partial charge in [0.25, 0.3) is 0 Å². The Labute approximate surface area is 504 Å². The number of aromatic nitrogens is 6. The first-order valence-electron chi connectivity index (χ1n) is 29.6. The Hall–Kier alpha value is -12.0. The molecule has 6 heterocycles. The van der Waals surface area contributed by atoms with Crippen molar-refractivity contribution in [1.82, 2.24) is 29.1 Å². The summed E-state index contributed by atoms with van der Waals surface area (Å²) < 4.78 is 18.3. The molecular formula is C80H48N6O2. The van der Waals surface area contributed by atoms with Crippen LogP contribution in [0.4, 0.5) is 0 Å². The van der Waals surface area contributed by atoms with Crippen LogP contribution in [0.25, 0.3) is 178 Å². The maximum atomic E-state index is 7.02. The Balaban J connectivity index is 0.738. The Morgan fingerprint density at radius 1 is 0.227 bits per heavy atom. The summed E-state index contributed by atoms with van der Waals surface area (Å²) in [5.41, 5.74) is 22.7. The van der Waals surface area contributed by atoms with Crippen LogP contribution in [0.1, 0.15) is 0 Å². The largest absolute Gasteiger partial charge is 0.452 e. The molecule has 8 heteroatoms. The molecule has 18 aromatic rings. The number of hydrogen-bond acceptors (Lipinski definition) is 6. The van der Waals surface area contributed by atoms with E-state index in [1.807, 2.05) is 24.3 Å². The van der Waals surface area contributed by atoms with Gasteiger partial charge in [0.05, 0.1) is 22.1 Å². The van der Waals surface area contributed by atoms with E-state index in [1.165, 1.54) is 5.39 Å². The molecule has 0 fully saturated rings. The lowest BCUT2D eigenvalue weighted by Gasteiger charge is -2.10. The fourth-order valence-electron chi connectivity index (χ4n) is 13.2. The molecule has 0 aliphatic heterocycles. The summed E-state index contributed by atoms with van der Waals surface area (Å²) in [7, 11) is 0. The molecule has 0 amide bonds. The fraction of sp³-hybridized carbons (Fsp3) is 0. The van der Waals surface area contributed by atoms with E-state index in [4.69, 9.17) is 28.8 Å². The summed E-state index contributed by atoms with van der Waals surface area (Å²) in [6.07, 6.45) is 0. The molecule has 0 atom stereocenters. The molecule has 410 valence electrons. The minimum Gasteiger partial charge on any atom is -0.452 e. The Morgan fingerprint density at radius 2 is 0.614 bits per heavy atom. The van der Waals surface area contributed by atoms with Gasteiger partial charge in [0.2, 0.25) is 0 Å². The van der Waals surface area contributed by atoms with Crippen LogP contribution in [0.15, 0.2) is 300 Å². The summed E-state index contributed by atoms with van der Waals surface area (Å²) in [5.74, 6) is 1.24. The molecule has 0 N–H and O–H groups in total. The van der Waals surface area contributed by atoms with Gasteiger partial charge in [-0.3, -0.25) is 0 Å². The molecule has 6 aromatic heterocycles. The molecule has 8 nitrogen and oxygen atoms in total. The van der Waals surface area contributed by atoms with Crippen molar-refractivity contribution in [3.63, 3.8) is 0 Å². The Kier molecular flexibility index (Phi) is 11.1. The lowest BCUT2D eigenvalue weighted by Crippen LogP contribution is -1.95. The molecule has 0 spiro atoms. The second kappa shape index (κ2) is 19.8. The first-order chi connectivity index (χ1) is 43.6. The topological polar surface area (TPSA) is 87.7 Å². The van der Waals surface area contributed by atoms with Gasteiger partial charge in [0.1, 0.15) is 33.6 Å². The predicted molar refractivity (Wildman–Crippen MR) is 359 cm³/mol. The molecule has 88 heavy (non-hydrogen) atoms. The molecule has 0 saturated carbocycles. The molecule has 0 radical (unpaired) electrons. The number of hydrogen-bond donors (Lipinski definition) is 0. The zero-order valence-electron chi connectivity index (χ0n) is 47.2. The average Bonchev–Trinajstić information content (AvgIpc) is 2.13. The van der Waals surface area contributed by atoms with E-state index < -0.39 is 0 Å². The standard InChI is InChI=1S/C80H48N6O2/c1-4-18-49(19-5-1)50-34-36-51(37-35-50)79-81-74(57-40-43-70-66(47-57)62-29-11-14-32-68(62)86(70)60-26-8-3-9-27-60)78-76(83-79)64-41-38-55(48-72(64)88-78)53-21-16-20-52(44-53)54-22-17-23-58(45-54)80-82-73(77-75(84-80)63-30-12-15-33-71(63)87-77)56-39-42-69-65(46-56)61-28-10-13-31-67(61)85(69)59-24-6-2-7-25-59/h1-48H. The first kappa shape index (κ1) is 49.4. The Morgan fingerprint density at radius 3 is 1.19 bits per heavy atom. The maximum absolute atomic E-state index is 7.02. The number of fused-ring (bicyclic) bond motifs is 12. The van der Waals surface area contributed by atoms with E-state index in [0.29, 0.717) is 22.8 Å². The third-order valence-corrected chi connectivity index (χ3v) is 17.4. The van der Waals surface area contributed by atoms with E-state index in [2.05, 4.69) is 276 Å². The van der Waals surface area contributed by atoms with Gasteiger partial charge < -0.3 is 18.0 Å². The van der Waals surface area contributed by atoms with Crippen LogP contribution in [0.2, 0.25) is 0 Å². The number of furan rings is 2. The second-order valence-electron chi connectivity index (χ2n) is 22.5. The van der Waals surface area contributed by atoms with E-state index in [9.17, 15) is 0 Å². The predicted octanol–water partition coefficient (Wildman–Crippen LogP) is 20.9. The van der Waals surface area contributed by atoms with Gasteiger partial charge in [0.15, 0.2) is 22.8 Å². The summed E-state index contributed by atoms with van der Waals surface area (Å²) in [6, 6.07) is 102. The zero-order valence-corrected chi connectivity index (χ0v) is 47.2. The van der Waals surface area contributed by atoms with E-state index in [0.717, 1.165) is 150 Å². The lowest BCUT2D eigenvalue weighted by molar-refractivity contribution is 0.667. The molecule has 0 aliphatic rings. The van der Waals surface area contributed by atoms with Crippen molar-refractivity contribution in [2.75, 3.05) is 0 Å². The minimum atomic E-state index is 0.614. The van der Waals surface area contributed by atoms with E-state index in [-0.39, 0.29) is 0 Å². The van der Waals surface area contributed by atoms with Crippen LogP contribution in [0.5, 0.6) is 0 Å². The SMILES string of the molecule is c1ccc(-c2ccc(-c3nc(-c4ccc5c(c4)c4ccccc4n5-c4ccccc4)c4oc5cc(-c6cccc(-c7cccc(-c8nc(-c9ccc%10c(c9)c9ccccc9n%10-c9ccccc9)c9oc%10ccccc%10c9n8)c7)c6)ccc5c4n3)cc2)cc1. The molecule has 12 aromatic carbocycles. The third kappa shape index (κ3) is 8.00. The van der Waals surface area contributed by atoms with Crippen molar-refractivity contribution in [3.8, 4) is 90.0 Å². The van der Waals surface area contributed by atoms with Gasteiger partial charge in [-0.25, -0.2) is 19.9 Å². The highest BCUT2D eigenvalue weighted by Gasteiger charge is 2.24. The first-order valence-corrected chi connectivity index (χ1v) is 29.6. The summed E-state index contributed by atoms with van der Waals surface area (Å²) in [4.78, 5) is 21.4. The van der Waals surface area contributed by atoms with Crippen LogP contribution in [0, 0.1) is 0 Å². The third-order valence-electron chi connectivity index (χ3n) is 17.4. The van der Waals surface area contributed by atoms with E-state index in [1.54, 1.807) is 0 Å². The van der Waals surface area contributed by atoms with Gasteiger partial charge >= 0.3 is 0 Å². The quantitative estimate of drug-likeness (QED) is 0.143. The van der Waals surface area contributed by atoms with E-state index >= 15 is 0 Å². The number of rotatable bonds is 9. The monoisotopic (exact) mass is 1120 g/mol. The molecule has 0 saturated heterocycles. The van der Waals surface area contributed by atoms with Gasteiger partial charge in [-0.15, -0.1) is 0 Å². The highest BCUT2D eigenvalue weighted by Crippen LogP contribution is 2.43. The molecule has 0 unspecified atom stereocenters. The normalized spacial score (nSPS) is 11.9. The highest BCUT2D eigenvalue weighted by atomic mass is 16.3. The van der Waals surface area contributed by atoms with Crippen molar-refractivity contribution >= 4 is 87.7 Å². The van der Waals surface area contributed by atoms with Gasteiger partial charge in [-0.1, -0.05) is 194 Å². The van der Waals surface area contributed by atoms with Crippen molar-refractivity contribution in [1.29, 1.82) is 0 Å². The minimum absolute atomic E-state index is 0.614. The van der Waals surface area contributed by atoms with Crippen molar-refractivity contribution < 1.29 is 8.83 Å². The molecule has 18 rings (SSSR count). The number of nitrogens with zero attached hydrogens (tertiary/aromatic N) is 6. The summed E-state index contributed by atoms with van der Waals surface area (Å²) >= 11 is 0. The molecule has 0 aliphatic carbocycles. The average molecular weight is 1130 g/mol. The highest BCUT2D eigenvalue weighted by molar-refractivity contribution is 6.14. The zero-order chi connectivity index (χ0) is 57.8. The molecule has 0 bridgehead atoms. The van der Waals surface area contributed by atoms with Crippen molar-refractivity contribution in [2.24, 2.45) is 0 Å². The smallest absolute Gasteiger partial charge is 0.180 e. The molecular weight excluding hydrogens is 1080 g/mol. The van der Waals surface area contributed by atoms with Gasteiger partial charge in [-0.05, 0) is 130 Å². The number of para-hydroxylation sites is 5. The number of benzene rings is 12. The summed E-state index contributed by atoms with van der Waals surface area (Å²) in [6.45, 7) is 0. The van der Waals surface area contributed by atoms with Crippen LogP contribution in [-0.2, 0) is 0 Å². The van der Waals surface area contributed by atoms with Crippen molar-refractivity contribution in [2.45, 2.75) is 0 Å². The van der Waals surface area contributed by atoms with Gasteiger partial charge in [0, 0.05) is 65.9 Å². The van der Waals surface area contributed by atoms with Crippen LogP contribution >= 0.6 is 0 Å². The van der Waals surface area contributed by atoms with Crippen molar-refractivity contribution in [3.05, 3.63) is 291 Å². The van der Waals surface area contributed by atoms with Gasteiger partial charge in [-0.2, -0.15) is 0 Å². The van der Waals surface area contributed by atoms with Crippen LogP contribution < -0.4 is 0 Å². The lowest BCUT2D eigenvalue weighted by atomic mass is 9.97.